The molecule has 2 N–H and O–H groups in total. The summed E-state index contributed by atoms with van der Waals surface area (Å²) in [4.78, 5) is 11.8. The molecule has 1 fully saturated rings. The van der Waals surface area contributed by atoms with Crippen LogP contribution in [0.15, 0.2) is 10.4 Å². The van der Waals surface area contributed by atoms with Crippen LogP contribution in [0.3, 0.4) is 0 Å². The highest BCUT2D eigenvalue weighted by molar-refractivity contribution is 14.0. The lowest BCUT2D eigenvalue weighted by Gasteiger charge is -2.18. The van der Waals surface area contributed by atoms with Gasteiger partial charge in [0.2, 0.25) is 0 Å². The van der Waals surface area contributed by atoms with Crippen LogP contribution in [0, 0.1) is 6.92 Å². The SMILES string of the molecule is CCNC(=NCCN1CCCCCC1)NCCc1csc(C)n1.I. The minimum Gasteiger partial charge on any atom is -0.357 e. The number of aryl methyl sites for hydroxylation is 1. The molecule has 1 saturated heterocycles. The van der Waals surface area contributed by atoms with E-state index in [4.69, 9.17) is 4.99 Å². The third-order valence-electron chi connectivity index (χ3n) is 4.07. The van der Waals surface area contributed by atoms with Crippen molar-refractivity contribution in [2.45, 2.75) is 46.0 Å². The lowest BCUT2D eigenvalue weighted by atomic mass is 10.2. The maximum atomic E-state index is 4.71. The van der Waals surface area contributed by atoms with Crippen LogP contribution in [-0.2, 0) is 6.42 Å². The van der Waals surface area contributed by atoms with Crippen LogP contribution in [0.4, 0.5) is 0 Å². The average molecular weight is 465 g/mol. The van der Waals surface area contributed by atoms with E-state index in [1.54, 1.807) is 11.3 Å². The van der Waals surface area contributed by atoms with Crippen LogP contribution >= 0.6 is 35.3 Å². The Labute approximate surface area is 167 Å². The second kappa shape index (κ2) is 12.9. The third-order valence-corrected chi connectivity index (χ3v) is 4.89. The number of hydrogen-bond acceptors (Lipinski definition) is 4. The number of aliphatic imine (C=N–C) groups is 1. The Morgan fingerprint density at radius 2 is 2.00 bits per heavy atom. The molecule has 1 aromatic rings. The normalized spacial score (nSPS) is 16.3. The molecular formula is C17H32IN5S. The van der Waals surface area contributed by atoms with E-state index in [0.717, 1.165) is 43.6 Å². The maximum absolute atomic E-state index is 4.71. The molecule has 2 rings (SSSR count). The predicted octanol–water partition coefficient (Wildman–Crippen LogP) is 3.04. The molecule has 24 heavy (non-hydrogen) atoms. The standard InChI is InChI=1S/C17H31N5S.HI/c1-3-18-17(19-9-8-16-14-23-15(2)21-16)20-10-13-22-11-6-4-5-7-12-22;/h14H,3-13H2,1-2H3,(H2,18,19,20);1H. The fourth-order valence-electron chi connectivity index (χ4n) is 2.84. The zero-order valence-corrected chi connectivity index (χ0v) is 18.2. The molecule has 7 heteroatoms. The van der Waals surface area contributed by atoms with E-state index in [0.29, 0.717) is 0 Å². The zero-order chi connectivity index (χ0) is 16.3. The van der Waals surface area contributed by atoms with Gasteiger partial charge in [0, 0.05) is 31.4 Å². The molecule has 138 valence electrons. The second-order valence-electron chi connectivity index (χ2n) is 6.05. The van der Waals surface area contributed by atoms with Gasteiger partial charge >= 0.3 is 0 Å². The monoisotopic (exact) mass is 465 g/mol. The Kier molecular flexibility index (Phi) is 11.6. The zero-order valence-electron chi connectivity index (χ0n) is 15.0. The van der Waals surface area contributed by atoms with Crippen molar-refractivity contribution in [2.75, 3.05) is 39.3 Å². The summed E-state index contributed by atoms with van der Waals surface area (Å²) in [7, 11) is 0. The molecule has 0 unspecified atom stereocenters. The molecule has 1 aliphatic heterocycles. The lowest BCUT2D eigenvalue weighted by Crippen LogP contribution is -2.39. The average Bonchev–Trinajstić information content (AvgIpc) is 2.79. The Bertz CT molecular complexity index is 469. The van der Waals surface area contributed by atoms with Crippen LogP contribution in [0.2, 0.25) is 0 Å². The topological polar surface area (TPSA) is 52.6 Å². The van der Waals surface area contributed by atoms with E-state index in [1.807, 2.05) is 0 Å². The van der Waals surface area contributed by atoms with E-state index in [1.165, 1.54) is 44.5 Å². The summed E-state index contributed by atoms with van der Waals surface area (Å²) in [6.45, 7) is 10.3. The van der Waals surface area contributed by atoms with E-state index in [2.05, 4.69) is 39.7 Å². The van der Waals surface area contributed by atoms with Gasteiger partial charge in [-0.05, 0) is 39.8 Å². The van der Waals surface area contributed by atoms with Crippen molar-refractivity contribution in [3.63, 3.8) is 0 Å². The summed E-state index contributed by atoms with van der Waals surface area (Å²) in [6, 6.07) is 0. The number of hydrogen-bond donors (Lipinski definition) is 2. The minimum absolute atomic E-state index is 0. The van der Waals surface area contributed by atoms with Crippen molar-refractivity contribution < 1.29 is 0 Å². The molecule has 1 aromatic heterocycles. The number of nitrogens with zero attached hydrogens (tertiary/aromatic N) is 3. The van der Waals surface area contributed by atoms with Gasteiger partial charge in [-0.1, -0.05) is 12.8 Å². The first-order valence-electron chi connectivity index (χ1n) is 8.93. The minimum atomic E-state index is 0. The van der Waals surface area contributed by atoms with Crippen molar-refractivity contribution in [1.82, 2.24) is 20.5 Å². The highest BCUT2D eigenvalue weighted by Crippen LogP contribution is 2.09. The number of guanidine groups is 1. The first-order chi connectivity index (χ1) is 11.3. The lowest BCUT2D eigenvalue weighted by molar-refractivity contribution is 0.293. The molecular weight excluding hydrogens is 433 g/mol. The molecule has 0 bridgehead atoms. The van der Waals surface area contributed by atoms with Gasteiger partial charge in [-0.15, -0.1) is 35.3 Å². The van der Waals surface area contributed by atoms with Crippen molar-refractivity contribution in [3.8, 4) is 0 Å². The number of rotatable bonds is 7. The molecule has 0 aromatic carbocycles. The molecule has 0 atom stereocenters. The maximum Gasteiger partial charge on any atom is 0.191 e. The van der Waals surface area contributed by atoms with E-state index >= 15 is 0 Å². The van der Waals surface area contributed by atoms with Crippen molar-refractivity contribution >= 4 is 41.3 Å². The highest BCUT2D eigenvalue weighted by Gasteiger charge is 2.08. The third kappa shape index (κ3) is 8.62. The van der Waals surface area contributed by atoms with Gasteiger partial charge < -0.3 is 15.5 Å². The van der Waals surface area contributed by atoms with E-state index in [-0.39, 0.29) is 24.0 Å². The molecule has 1 aliphatic rings. The fraction of sp³-hybridized carbons (Fsp3) is 0.765. The first kappa shape index (κ1) is 21.6. The number of thiazole rings is 1. The summed E-state index contributed by atoms with van der Waals surface area (Å²) in [5.74, 6) is 0.925. The van der Waals surface area contributed by atoms with Gasteiger partial charge in [0.15, 0.2) is 5.96 Å². The Balaban J connectivity index is 0.00000288. The largest absolute Gasteiger partial charge is 0.357 e. The Morgan fingerprint density at radius 1 is 1.25 bits per heavy atom. The Morgan fingerprint density at radius 3 is 2.62 bits per heavy atom. The molecule has 0 radical (unpaired) electrons. The van der Waals surface area contributed by atoms with Crippen LogP contribution in [-0.4, -0.2) is 55.1 Å². The van der Waals surface area contributed by atoms with Crippen LogP contribution in [0.25, 0.3) is 0 Å². The number of halogens is 1. The predicted molar refractivity (Wildman–Crippen MR) is 115 cm³/mol. The van der Waals surface area contributed by atoms with E-state index in [9.17, 15) is 0 Å². The molecule has 0 spiro atoms. The van der Waals surface area contributed by atoms with Crippen molar-refractivity contribution in [1.29, 1.82) is 0 Å². The first-order valence-corrected chi connectivity index (χ1v) is 9.81. The van der Waals surface area contributed by atoms with Crippen LogP contribution in [0.5, 0.6) is 0 Å². The molecule has 2 heterocycles. The highest BCUT2D eigenvalue weighted by atomic mass is 127. The smallest absolute Gasteiger partial charge is 0.191 e. The number of aromatic nitrogens is 1. The van der Waals surface area contributed by atoms with Gasteiger partial charge in [0.25, 0.3) is 0 Å². The number of likely N-dealkylation sites (tertiary alicyclic amines) is 1. The van der Waals surface area contributed by atoms with Crippen molar-refractivity contribution in [2.24, 2.45) is 4.99 Å². The summed E-state index contributed by atoms with van der Waals surface area (Å²) in [6.07, 6.45) is 6.41. The van der Waals surface area contributed by atoms with Gasteiger partial charge in [0.05, 0.1) is 17.2 Å². The Hall–Kier alpha value is -0.410. The van der Waals surface area contributed by atoms with Gasteiger partial charge in [-0.3, -0.25) is 4.99 Å². The number of nitrogens with one attached hydrogen (secondary N) is 2. The molecule has 5 nitrogen and oxygen atoms in total. The summed E-state index contributed by atoms with van der Waals surface area (Å²) < 4.78 is 0. The van der Waals surface area contributed by atoms with E-state index < -0.39 is 0 Å². The quantitative estimate of drug-likeness (QED) is 0.369. The summed E-state index contributed by atoms with van der Waals surface area (Å²) in [5, 5.41) is 10.0. The van der Waals surface area contributed by atoms with Gasteiger partial charge in [0.1, 0.15) is 0 Å². The van der Waals surface area contributed by atoms with Crippen LogP contribution < -0.4 is 10.6 Å². The fourth-order valence-corrected chi connectivity index (χ4v) is 3.48. The summed E-state index contributed by atoms with van der Waals surface area (Å²) in [5.41, 5.74) is 1.17. The summed E-state index contributed by atoms with van der Waals surface area (Å²) >= 11 is 1.71. The molecule has 0 saturated carbocycles. The van der Waals surface area contributed by atoms with Gasteiger partial charge in [-0.2, -0.15) is 0 Å². The molecule has 0 aliphatic carbocycles. The second-order valence-corrected chi connectivity index (χ2v) is 7.11. The van der Waals surface area contributed by atoms with Crippen LogP contribution in [0.1, 0.15) is 43.3 Å². The van der Waals surface area contributed by atoms with Crippen molar-refractivity contribution in [3.05, 3.63) is 16.1 Å². The molecule has 0 amide bonds. The van der Waals surface area contributed by atoms with Gasteiger partial charge in [-0.25, -0.2) is 4.98 Å².